The van der Waals surface area contributed by atoms with Crippen molar-refractivity contribution >= 4 is 33.7 Å². The number of pyridine rings is 1. The van der Waals surface area contributed by atoms with Crippen LogP contribution in [0.4, 0.5) is 0 Å². The zero-order valence-corrected chi connectivity index (χ0v) is 11.6. The Morgan fingerprint density at radius 3 is 2.33 bits per heavy atom. The van der Waals surface area contributed by atoms with E-state index < -0.39 is 18.4 Å². The first-order valence-corrected chi connectivity index (χ1v) is 14.4. The van der Waals surface area contributed by atoms with Gasteiger partial charge in [-0.3, -0.25) is 0 Å². The predicted molar refractivity (Wildman–Crippen MR) is 57.0 cm³/mol. The van der Waals surface area contributed by atoms with Crippen LogP contribution in [0.2, 0.25) is 19.8 Å². The Morgan fingerprint density at radius 2 is 1.92 bits per heavy atom. The molecule has 0 aliphatic rings. The number of halogens is 1. The maximum atomic E-state index is 5.83. The monoisotopic (exact) mass is 291 g/mol. The molecule has 0 fully saturated rings. The summed E-state index contributed by atoms with van der Waals surface area (Å²) in [5, 5.41) is 0.742. The van der Waals surface area contributed by atoms with Crippen molar-refractivity contribution in [2.75, 3.05) is 0 Å². The number of hydrogen-bond acceptors (Lipinski definition) is 1. The van der Waals surface area contributed by atoms with Gasteiger partial charge in [-0.05, 0) is 0 Å². The fraction of sp³-hybridized carbons (Fsp3) is 0.444. The first-order chi connectivity index (χ1) is 5.41. The summed E-state index contributed by atoms with van der Waals surface area (Å²) in [6.45, 7) is 2.09. The van der Waals surface area contributed by atoms with Crippen LogP contribution in [0.15, 0.2) is 12.3 Å². The standard InChI is InChI=1S/C6H5ClN.3CH3.Sn/c1-5-2-6(7)4-8-3-5;;;;/h2,4H,1H3;3*1H3;. The molecule has 0 aliphatic heterocycles. The third-order valence-corrected chi connectivity index (χ3v) is 7.51. The Hall–Kier alpha value is 0.239. The first kappa shape index (κ1) is 10.3. The Kier molecular flexibility index (Phi) is 3.05. The molecule has 1 heterocycles. The van der Waals surface area contributed by atoms with Crippen LogP contribution in [-0.2, 0) is 0 Å². The molecule has 0 aliphatic carbocycles. The van der Waals surface area contributed by atoms with Crippen molar-refractivity contribution in [3.63, 3.8) is 0 Å². The van der Waals surface area contributed by atoms with E-state index in [9.17, 15) is 0 Å². The molecule has 3 heteroatoms. The van der Waals surface area contributed by atoms with Gasteiger partial charge in [0, 0.05) is 0 Å². The van der Waals surface area contributed by atoms with E-state index in [1.807, 2.05) is 6.07 Å². The predicted octanol–water partition coefficient (Wildman–Crippen LogP) is 2.59. The van der Waals surface area contributed by atoms with Gasteiger partial charge in [-0.25, -0.2) is 0 Å². The summed E-state index contributed by atoms with van der Waals surface area (Å²) < 4.78 is 1.33. The molecule has 1 aromatic heterocycles. The van der Waals surface area contributed by atoms with E-state index in [1.165, 1.54) is 9.27 Å². The third kappa shape index (κ3) is 2.36. The summed E-state index contributed by atoms with van der Waals surface area (Å²) in [7, 11) is 0. The summed E-state index contributed by atoms with van der Waals surface area (Å²) in [5.74, 6) is 0. The molecule has 0 aromatic carbocycles. The number of aryl methyl sites for hydroxylation is 1. The summed E-state index contributed by atoms with van der Waals surface area (Å²) in [6, 6.07) is 2.01. The fourth-order valence-corrected chi connectivity index (χ4v) is 6.41. The molecule has 0 radical (unpaired) electrons. The van der Waals surface area contributed by atoms with Gasteiger partial charge in [0.2, 0.25) is 0 Å². The van der Waals surface area contributed by atoms with Crippen molar-refractivity contribution < 1.29 is 0 Å². The Balaban J connectivity index is 3.19. The molecule has 1 aromatic rings. The van der Waals surface area contributed by atoms with Gasteiger partial charge in [-0.1, -0.05) is 0 Å². The molecule has 1 nitrogen and oxygen atoms in total. The average molecular weight is 290 g/mol. The quantitative estimate of drug-likeness (QED) is 0.725. The third-order valence-electron chi connectivity index (χ3n) is 1.76. The van der Waals surface area contributed by atoms with E-state index in [-0.39, 0.29) is 0 Å². The minimum atomic E-state index is -1.98. The van der Waals surface area contributed by atoms with Gasteiger partial charge in [-0.15, -0.1) is 0 Å². The molecule has 0 N–H and O–H groups in total. The second-order valence-electron chi connectivity index (χ2n) is 4.07. The summed E-state index contributed by atoms with van der Waals surface area (Å²) in [6.07, 6.45) is 1.76. The second kappa shape index (κ2) is 3.54. The van der Waals surface area contributed by atoms with Crippen molar-refractivity contribution in [1.29, 1.82) is 0 Å². The molecule has 0 amide bonds. The van der Waals surface area contributed by atoms with E-state index >= 15 is 0 Å². The van der Waals surface area contributed by atoms with Crippen LogP contribution in [0.1, 0.15) is 5.56 Å². The molecule has 0 spiro atoms. The SMILES string of the molecule is Cc1cc(Cl)cn[c]1[Sn]([CH3])([CH3])[CH3]. The molecule has 66 valence electrons. The van der Waals surface area contributed by atoms with Crippen LogP contribution in [0, 0.1) is 6.92 Å². The molecule has 1 rings (SSSR count). The molecule has 0 saturated carbocycles. The summed E-state index contributed by atoms with van der Waals surface area (Å²) in [4.78, 5) is 11.5. The van der Waals surface area contributed by atoms with Crippen LogP contribution in [0.5, 0.6) is 0 Å². The second-order valence-corrected chi connectivity index (χ2v) is 18.7. The zero-order chi connectivity index (χ0) is 9.35. The van der Waals surface area contributed by atoms with Gasteiger partial charge in [0.05, 0.1) is 0 Å². The first-order valence-electron chi connectivity index (χ1n) is 4.04. The number of aromatic nitrogens is 1. The number of nitrogens with zero attached hydrogens (tertiary/aromatic N) is 1. The van der Waals surface area contributed by atoms with E-state index in [0.717, 1.165) is 5.02 Å². The zero-order valence-electron chi connectivity index (χ0n) is 7.98. The molecule has 0 unspecified atom stereocenters. The van der Waals surface area contributed by atoms with Gasteiger partial charge >= 0.3 is 83.3 Å². The van der Waals surface area contributed by atoms with Gasteiger partial charge < -0.3 is 0 Å². The molecule has 12 heavy (non-hydrogen) atoms. The molecule has 0 bridgehead atoms. The van der Waals surface area contributed by atoms with Crippen molar-refractivity contribution in [1.82, 2.24) is 4.98 Å². The molecule has 0 saturated heterocycles. The van der Waals surface area contributed by atoms with Gasteiger partial charge in [-0.2, -0.15) is 0 Å². The molecular weight excluding hydrogens is 276 g/mol. The normalized spacial score (nSPS) is 11.8. The topological polar surface area (TPSA) is 12.9 Å². The maximum absolute atomic E-state index is 5.83. The van der Waals surface area contributed by atoms with Crippen molar-refractivity contribution in [2.45, 2.75) is 21.7 Å². The number of hydrogen-bond donors (Lipinski definition) is 0. The van der Waals surface area contributed by atoms with Crippen LogP contribution < -0.4 is 3.71 Å². The van der Waals surface area contributed by atoms with E-state index in [1.54, 1.807) is 6.20 Å². The molecule has 0 atom stereocenters. The van der Waals surface area contributed by atoms with Crippen molar-refractivity contribution in [3.8, 4) is 0 Å². The minimum absolute atomic E-state index is 0.742. The van der Waals surface area contributed by atoms with Crippen LogP contribution >= 0.6 is 11.6 Å². The van der Waals surface area contributed by atoms with Crippen molar-refractivity contribution in [3.05, 3.63) is 22.8 Å². The Bertz CT molecular complexity index is 291. The van der Waals surface area contributed by atoms with Gasteiger partial charge in [0.15, 0.2) is 0 Å². The van der Waals surface area contributed by atoms with Crippen LogP contribution in [0.25, 0.3) is 0 Å². The van der Waals surface area contributed by atoms with Crippen LogP contribution in [-0.4, -0.2) is 23.4 Å². The van der Waals surface area contributed by atoms with E-state index in [0.29, 0.717) is 0 Å². The summed E-state index contributed by atoms with van der Waals surface area (Å²) in [5.41, 5.74) is 1.26. The van der Waals surface area contributed by atoms with Crippen LogP contribution in [0.3, 0.4) is 0 Å². The average Bonchev–Trinajstić information content (AvgIpc) is 1.83. The van der Waals surface area contributed by atoms with E-state index in [2.05, 4.69) is 26.7 Å². The van der Waals surface area contributed by atoms with Gasteiger partial charge in [0.1, 0.15) is 0 Å². The molecular formula is C9H14ClNSn. The van der Waals surface area contributed by atoms with Gasteiger partial charge in [0.25, 0.3) is 0 Å². The fourth-order valence-electron chi connectivity index (χ4n) is 1.33. The summed E-state index contributed by atoms with van der Waals surface area (Å²) >= 11 is 3.85. The van der Waals surface area contributed by atoms with Crippen molar-refractivity contribution in [2.24, 2.45) is 0 Å². The number of rotatable bonds is 1. The van der Waals surface area contributed by atoms with E-state index in [4.69, 9.17) is 11.6 Å². The Morgan fingerprint density at radius 1 is 1.33 bits per heavy atom. The Labute approximate surface area is 83.0 Å².